The topological polar surface area (TPSA) is 49.0 Å². The number of hydrogen-bond acceptors (Lipinski definition) is 2. The molecule has 2 aliphatic rings. The van der Waals surface area contributed by atoms with Crippen molar-refractivity contribution in [1.29, 1.82) is 0 Å². The number of benzene rings is 2. The third-order valence-corrected chi connectivity index (χ3v) is 5.89. The lowest BCUT2D eigenvalue weighted by molar-refractivity contribution is 0.0547. The number of carbonyl (C=O) groups excluding carboxylic acids is 1. The molecule has 0 bridgehead atoms. The smallest absolute Gasteiger partial charge is 0.254 e. The van der Waals surface area contributed by atoms with Gasteiger partial charge in [0.1, 0.15) is 0 Å². The van der Waals surface area contributed by atoms with E-state index in [0.717, 1.165) is 42.3 Å². The fourth-order valence-electron chi connectivity index (χ4n) is 4.70. The largest absolute Gasteiger partial charge is 0.335 e. The van der Waals surface area contributed by atoms with E-state index in [0.29, 0.717) is 12.0 Å². The fourth-order valence-corrected chi connectivity index (χ4v) is 4.70. The molecule has 1 saturated heterocycles. The van der Waals surface area contributed by atoms with Crippen LogP contribution in [0.5, 0.6) is 0 Å². The maximum absolute atomic E-state index is 13.2. The lowest BCUT2D eigenvalue weighted by atomic mass is 9.74. The zero-order valence-electron chi connectivity index (χ0n) is 14.1. The normalized spacial score (nSPS) is 22.5. The number of fused-ring (bicyclic) bond motifs is 4. The molecule has 5 rings (SSSR count). The van der Waals surface area contributed by atoms with Crippen LogP contribution >= 0.6 is 0 Å². The van der Waals surface area contributed by atoms with Gasteiger partial charge in [-0.1, -0.05) is 24.3 Å². The van der Waals surface area contributed by atoms with Crippen LogP contribution in [-0.4, -0.2) is 33.6 Å². The van der Waals surface area contributed by atoms with Crippen LogP contribution in [0.1, 0.15) is 46.7 Å². The predicted molar refractivity (Wildman–Crippen MR) is 97.7 cm³/mol. The third kappa shape index (κ3) is 2.36. The number of amides is 1. The van der Waals surface area contributed by atoms with Gasteiger partial charge in [-0.25, -0.2) is 0 Å². The van der Waals surface area contributed by atoms with Gasteiger partial charge < -0.3 is 4.90 Å². The molecule has 4 nitrogen and oxygen atoms in total. The number of aromatic nitrogens is 2. The van der Waals surface area contributed by atoms with E-state index in [1.807, 2.05) is 18.2 Å². The highest BCUT2D eigenvalue weighted by Crippen LogP contribution is 2.41. The van der Waals surface area contributed by atoms with Gasteiger partial charge in [-0.15, -0.1) is 0 Å². The van der Waals surface area contributed by atoms with Gasteiger partial charge in [0.05, 0.1) is 11.7 Å². The fraction of sp³-hybridized carbons (Fsp3) is 0.333. The Bertz CT molecular complexity index is 945. The Morgan fingerprint density at radius 1 is 1.16 bits per heavy atom. The molecule has 2 aromatic carbocycles. The Kier molecular flexibility index (Phi) is 3.37. The summed E-state index contributed by atoms with van der Waals surface area (Å²) in [4.78, 5) is 15.4. The van der Waals surface area contributed by atoms with Gasteiger partial charge in [-0.3, -0.25) is 9.89 Å². The molecule has 4 heteroatoms. The first-order valence-corrected chi connectivity index (χ1v) is 9.13. The van der Waals surface area contributed by atoms with E-state index in [9.17, 15) is 4.79 Å². The number of H-pyrrole nitrogens is 1. The van der Waals surface area contributed by atoms with Crippen molar-refractivity contribution >= 4 is 16.8 Å². The van der Waals surface area contributed by atoms with Gasteiger partial charge in [0.2, 0.25) is 0 Å². The van der Waals surface area contributed by atoms with Crippen molar-refractivity contribution in [2.75, 3.05) is 6.54 Å². The molecule has 2 atom stereocenters. The molecule has 1 aliphatic carbocycles. The molecule has 1 fully saturated rings. The Balaban J connectivity index is 1.48. The van der Waals surface area contributed by atoms with Crippen LogP contribution < -0.4 is 0 Å². The van der Waals surface area contributed by atoms with Gasteiger partial charge in [-0.05, 0) is 55.0 Å². The summed E-state index contributed by atoms with van der Waals surface area (Å²) in [6, 6.07) is 14.9. The Hall–Kier alpha value is -2.62. The molecular formula is C21H21N3O. The van der Waals surface area contributed by atoms with Crippen molar-refractivity contribution < 1.29 is 4.79 Å². The van der Waals surface area contributed by atoms with Gasteiger partial charge in [-0.2, -0.15) is 5.10 Å². The second kappa shape index (κ2) is 5.73. The summed E-state index contributed by atoms with van der Waals surface area (Å²) < 4.78 is 0. The Morgan fingerprint density at radius 2 is 2.08 bits per heavy atom. The van der Waals surface area contributed by atoms with Gasteiger partial charge in [0.15, 0.2) is 0 Å². The molecule has 1 N–H and O–H groups in total. The number of nitrogens with zero attached hydrogens (tertiary/aromatic N) is 2. The van der Waals surface area contributed by atoms with Gasteiger partial charge in [0, 0.05) is 29.5 Å². The SMILES string of the molecule is O=C(c1ccc2[nH]ncc2c1)N1CCC[C@@H]2c3ccccc3CC[C@@H]21. The molecule has 1 aromatic heterocycles. The first kappa shape index (κ1) is 14.7. The van der Waals surface area contributed by atoms with Crippen LogP contribution in [0.2, 0.25) is 0 Å². The minimum Gasteiger partial charge on any atom is -0.335 e. The van der Waals surface area contributed by atoms with Crippen molar-refractivity contribution in [3.63, 3.8) is 0 Å². The van der Waals surface area contributed by atoms with Crippen LogP contribution in [0.4, 0.5) is 0 Å². The number of rotatable bonds is 1. The van der Waals surface area contributed by atoms with Crippen molar-refractivity contribution in [1.82, 2.24) is 15.1 Å². The second-order valence-corrected chi connectivity index (χ2v) is 7.22. The lowest BCUT2D eigenvalue weighted by Crippen LogP contribution is -2.49. The van der Waals surface area contributed by atoms with Gasteiger partial charge in [0.25, 0.3) is 5.91 Å². The zero-order chi connectivity index (χ0) is 16.8. The van der Waals surface area contributed by atoms with Crippen molar-refractivity contribution in [2.45, 2.75) is 37.6 Å². The first-order chi connectivity index (χ1) is 12.3. The highest BCUT2D eigenvalue weighted by Gasteiger charge is 2.38. The number of aromatic amines is 1. The number of carbonyl (C=O) groups is 1. The lowest BCUT2D eigenvalue weighted by Gasteiger charge is -2.45. The molecule has 2 heterocycles. The van der Waals surface area contributed by atoms with Crippen LogP contribution in [0.25, 0.3) is 10.9 Å². The molecule has 1 aliphatic heterocycles. The Morgan fingerprint density at radius 3 is 3.04 bits per heavy atom. The second-order valence-electron chi connectivity index (χ2n) is 7.22. The number of likely N-dealkylation sites (tertiary alicyclic amines) is 1. The highest BCUT2D eigenvalue weighted by atomic mass is 16.2. The van der Waals surface area contributed by atoms with Crippen LogP contribution in [0.3, 0.4) is 0 Å². The van der Waals surface area contributed by atoms with E-state index < -0.39 is 0 Å². The Labute approximate surface area is 146 Å². The van der Waals surface area contributed by atoms with E-state index >= 15 is 0 Å². The number of aryl methyl sites for hydroxylation is 1. The van der Waals surface area contributed by atoms with E-state index in [-0.39, 0.29) is 5.91 Å². The van der Waals surface area contributed by atoms with Crippen molar-refractivity contribution in [3.8, 4) is 0 Å². The van der Waals surface area contributed by atoms with E-state index in [1.54, 1.807) is 6.20 Å². The highest BCUT2D eigenvalue weighted by molar-refractivity contribution is 5.98. The molecule has 0 unspecified atom stereocenters. The third-order valence-electron chi connectivity index (χ3n) is 5.89. The standard InChI is InChI=1S/C21H21N3O/c25-21(15-7-9-19-16(12-15)13-22-23-19)24-11-3-6-18-17-5-2-1-4-14(17)8-10-20(18)24/h1-2,4-5,7,9,12-13,18,20H,3,6,8,10-11H2,(H,22,23)/t18-,20+/m1/s1. The van der Waals surface area contributed by atoms with Gasteiger partial charge >= 0.3 is 0 Å². The average Bonchev–Trinajstić information content (AvgIpc) is 3.14. The summed E-state index contributed by atoms with van der Waals surface area (Å²) in [5, 5.41) is 8.00. The number of piperidine rings is 1. The molecule has 0 saturated carbocycles. The molecular weight excluding hydrogens is 310 g/mol. The summed E-state index contributed by atoms with van der Waals surface area (Å²) >= 11 is 0. The monoisotopic (exact) mass is 331 g/mol. The number of hydrogen-bond donors (Lipinski definition) is 1. The van der Waals surface area contributed by atoms with Crippen molar-refractivity contribution in [3.05, 3.63) is 65.4 Å². The first-order valence-electron chi connectivity index (χ1n) is 9.13. The van der Waals surface area contributed by atoms with Crippen LogP contribution in [0, 0.1) is 0 Å². The minimum absolute atomic E-state index is 0.164. The average molecular weight is 331 g/mol. The van der Waals surface area contributed by atoms with E-state index in [4.69, 9.17) is 0 Å². The summed E-state index contributed by atoms with van der Waals surface area (Å²) in [5.41, 5.74) is 4.67. The summed E-state index contributed by atoms with van der Waals surface area (Å²) in [6.45, 7) is 0.867. The van der Waals surface area contributed by atoms with Crippen LogP contribution in [-0.2, 0) is 6.42 Å². The molecule has 0 spiro atoms. The van der Waals surface area contributed by atoms with E-state index in [1.165, 1.54) is 17.5 Å². The maximum atomic E-state index is 13.2. The molecule has 126 valence electrons. The summed E-state index contributed by atoms with van der Waals surface area (Å²) in [5.74, 6) is 0.650. The molecule has 1 amide bonds. The summed E-state index contributed by atoms with van der Waals surface area (Å²) in [7, 11) is 0. The maximum Gasteiger partial charge on any atom is 0.254 e. The zero-order valence-corrected chi connectivity index (χ0v) is 14.1. The molecule has 0 radical (unpaired) electrons. The molecule has 25 heavy (non-hydrogen) atoms. The van der Waals surface area contributed by atoms with E-state index in [2.05, 4.69) is 39.4 Å². The van der Waals surface area contributed by atoms with Crippen LogP contribution in [0.15, 0.2) is 48.7 Å². The predicted octanol–water partition coefficient (Wildman–Crippen LogP) is 3.90. The minimum atomic E-state index is 0.164. The van der Waals surface area contributed by atoms with Crippen molar-refractivity contribution in [2.24, 2.45) is 0 Å². The quantitative estimate of drug-likeness (QED) is 0.735. The summed E-state index contributed by atoms with van der Waals surface area (Å²) in [6.07, 6.45) is 6.19. The number of nitrogens with one attached hydrogen (secondary N) is 1. The molecule has 3 aromatic rings.